The molecule has 1 rings (SSSR count). The first-order valence-corrected chi connectivity index (χ1v) is 2.28. The molecule has 0 radical (unpaired) electrons. The zero-order valence-electron chi connectivity index (χ0n) is 4.02. The molecule has 1 fully saturated rings. The Morgan fingerprint density at radius 1 is 1.50 bits per heavy atom. The fraction of sp³-hybridized carbons (Fsp3) is 1.00. The molecule has 0 aromatic heterocycles. The van der Waals surface area contributed by atoms with Gasteiger partial charge >= 0.3 is 0 Å². The van der Waals surface area contributed by atoms with E-state index in [9.17, 15) is 0 Å². The van der Waals surface area contributed by atoms with Crippen molar-refractivity contribution in [2.75, 3.05) is 20.1 Å². The van der Waals surface area contributed by atoms with E-state index >= 15 is 0 Å². The van der Waals surface area contributed by atoms with Gasteiger partial charge in [0.05, 0.1) is 13.5 Å². The highest BCUT2D eigenvalue weighted by Crippen LogP contribution is 2.09. The highest BCUT2D eigenvalue weighted by Gasteiger charge is 2.27. The van der Waals surface area contributed by atoms with Gasteiger partial charge in [0.25, 0.3) is 0 Å². The minimum atomic E-state index is 0.250. The van der Waals surface area contributed by atoms with Crippen LogP contribution >= 0.6 is 0 Å². The maximum absolute atomic E-state index is 8.85. The van der Waals surface area contributed by atoms with Crippen molar-refractivity contribution in [2.24, 2.45) is 0 Å². The lowest BCUT2D eigenvalue weighted by molar-refractivity contribution is -1.12. The molecular formula is C4H10NO+. The minimum Gasteiger partial charge on any atom is -0.217 e. The highest BCUT2D eigenvalue weighted by molar-refractivity contribution is 4.41. The smallest absolute Gasteiger partial charge is 0.114 e. The van der Waals surface area contributed by atoms with Crippen LogP contribution in [0, 0.1) is 0 Å². The highest BCUT2D eigenvalue weighted by atomic mass is 16.5. The molecule has 0 bridgehead atoms. The van der Waals surface area contributed by atoms with Crippen molar-refractivity contribution >= 4 is 0 Å². The molecule has 2 heteroatoms. The standard InChI is InChI=1S/C4H10NO/c1-5(6)3-2-4-5/h6H,2-4H2,1H3/q+1. The molecule has 2 nitrogen and oxygen atoms in total. The van der Waals surface area contributed by atoms with Crippen LogP contribution in [-0.4, -0.2) is 30.0 Å². The van der Waals surface area contributed by atoms with E-state index in [1.165, 1.54) is 6.42 Å². The lowest BCUT2D eigenvalue weighted by Gasteiger charge is -2.32. The zero-order valence-corrected chi connectivity index (χ0v) is 4.02. The van der Waals surface area contributed by atoms with E-state index in [1.807, 2.05) is 7.05 Å². The predicted molar refractivity (Wildman–Crippen MR) is 22.3 cm³/mol. The quantitative estimate of drug-likeness (QED) is 0.420. The summed E-state index contributed by atoms with van der Waals surface area (Å²) >= 11 is 0. The van der Waals surface area contributed by atoms with E-state index in [2.05, 4.69) is 0 Å². The minimum absolute atomic E-state index is 0.250. The lowest BCUT2D eigenvalue weighted by Crippen LogP contribution is -2.51. The molecule has 0 aromatic carbocycles. The predicted octanol–water partition coefficient (Wildman–Crippen LogP) is 0.226. The Bertz CT molecular complexity index is 54.6. The van der Waals surface area contributed by atoms with Crippen molar-refractivity contribution in [3.05, 3.63) is 0 Å². The molecule has 1 N–H and O–H groups in total. The maximum Gasteiger partial charge on any atom is 0.114 e. The molecule has 36 valence electrons. The summed E-state index contributed by atoms with van der Waals surface area (Å²) in [5, 5.41) is 8.85. The topological polar surface area (TPSA) is 20.2 Å². The summed E-state index contributed by atoms with van der Waals surface area (Å²) in [6.45, 7) is 1.89. The van der Waals surface area contributed by atoms with Crippen molar-refractivity contribution in [3.8, 4) is 0 Å². The molecule has 1 aliphatic rings. The van der Waals surface area contributed by atoms with Crippen molar-refractivity contribution in [1.82, 2.24) is 0 Å². The number of nitrogens with zero attached hydrogens (tertiary/aromatic N) is 1. The van der Waals surface area contributed by atoms with Gasteiger partial charge in [0.1, 0.15) is 13.1 Å². The summed E-state index contributed by atoms with van der Waals surface area (Å²) in [7, 11) is 1.82. The lowest BCUT2D eigenvalue weighted by atomic mass is 10.2. The van der Waals surface area contributed by atoms with E-state index in [-0.39, 0.29) is 4.65 Å². The van der Waals surface area contributed by atoms with Gasteiger partial charge in [-0.25, -0.2) is 5.21 Å². The van der Waals surface area contributed by atoms with E-state index in [1.54, 1.807) is 0 Å². The SMILES string of the molecule is C[N+]1(O)CCC1. The average Bonchev–Trinajstić information content (AvgIpc) is 1.32. The van der Waals surface area contributed by atoms with Crippen LogP contribution in [0.3, 0.4) is 0 Å². The maximum atomic E-state index is 8.85. The van der Waals surface area contributed by atoms with E-state index in [0.29, 0.717) is 0 Å². The Labute approximate surface area is 37.5 Å². The van der Waals surface area contributed by atoms with Gasteiger partial charge in [0, 0.05) is 0 Å². The molecule has 1 heterocycles. The van der Waals surface area contributed by atoms with E-state index in [0.717, 1.165) is 13.1 Å². The second-order valence-electron chi connectivity index (χ2n) is 2.14. The molecule has 0 unspecified atom stereocenters. The number of quaternary nitrogens is 1. The number of hydroxylamine groups is 3. The van der Waals surface area contributed by atoms with Gasteiger partial charge in [-0.2, -0.15) is 4.65 Å². The van der Waals surface area contributed by atoms with Gasteiger partial charge in [-0.1, -0.05) is 0 Å². The molecular weight excluding hydrogens is 78.0 g/mol. The van der Waals surface area contributed by atoms with Crippen molar-refractivity contribution < 1.29 is 9.85 Å². The summed E-state index contributed by atoms with van der Waals surface area (Å²) < 4.78 is 0.250. The zero-order chi connectivity index (χ0) is 4.62. The second-order valence-corrected chi connectivity index (χ2v) is 2.14. The van der Waals surface area contributed by atoms with E-state index in [4.69, 9.17) is 5.21 Å². The molecule has 1 saturated heterocycles. The first kappa shape index (κ1) is 4.09. The Balaban J connectivity index is 2.31. The first-order chi connectivity index (χ1) is 2.71. The van der Waals surface area contributed by atoms with Gasteiger partial charge in [-0.15, -0.1) is 0 Å². The van der Waals surface area contributed by atoms with Crippen molar-refractivity contribution in [2.45, 2.75) is 6.42 Å². The Kier molecular flexibility index (Phi) is 0.648. The summed E-state index contributed by atoms with van der Waals surface area (Å²) in [4.78, 5) is 0. The summed E-state index contributed by atoms with van der Waals surface area (Å²) in [5.74, 6) is 0. The van der Waals surface area contributed by atoms with Crippen LogP contribution in [0.25, 0.3) is 0 Å². The van der Waals surface area contributed by atoms with Crippen LogP contribution < -0.4 is 0 Å². The van der Waals surface area contributed by atoms with Crippen LogP contribution in [0.4, 0.5) is 0 Å². The summed E-state index contributed by atoms with van der Waals surface area (Å²) in [6.07, 6.45) is 1.19. The molecule has 0 amide bonds. The summed E-state index contributed by atoms with van der Waals surface area (Å²) in [6, 6.07) is 0. The fourth-order valence-electron chi connectivity index (χ4n) is 0.616. The number of hydrogen-bond acceptors (Lipinski definition) is 1. The molecule has 0 spiro atoms. The number of hydrogen-bond donors (Lipinski definition) is 1. The van der Waals surface area contributed by atoms with Crippen LogP contribution in [0.15, 0.2) is 0 Å². The van der Waals surface area contributed by atoms with Crippen molar-refractivity contribution in [1.29, 1.82) is 0 Å². The third-order valence-electron chi connectivity index (χ3n) is 1.28. The van der Waals surface area contributed by atoms with Gasteiger partial charge < -0.3 is 0 Å². The molecule has 0 saturated carbocycles. The molecule has 0 aromatic rings. The Hall–Kier alpha value is -0.0800. The van der Waals surface area contributed by atoms with Crippen LogP contribution in [0.5, 0.6) is 0 Å². The van der Waals surface area contributed by atoms with Gasteiger partial charge in [0.15, 0.2) is 0 Å². The van der Waals surface area contributed by atoms with Crippen LogP contribution in [-0.2, 0) is 0 Å². The number of likely N-dealkylation sites (tertiary alicyclic amines) is 1. The van der Waals surface area contributed by atoms with Gasteiger partial charge in [-0.3, -0.25) is 0 Å². The summed E-state index contributed by atoms with van der Waals surface area (Å²) in [5.41, 5.74) is 0. The number of rotatable bonds is 0. The average molecular weight is 88.1 g/mol. The molecule has 6 heavy (non-hydrogen) atoms. The Morgan fingerprint density at radius 3 is 1.83 bits per heavy atom. The van der Waals surface area contributed by atoms with E-state index < -0.39 is 0 Å². The largest absolute Gasteiger partial charge is 0.217 e. The van der Waals surface area contributed by atoms with Gasteiger partial charge in [-0.05, 0) is 0 Å². The van der Waals surface area contributed by atoms with Gasteiger partial charge in [0.2, 0.25) is 0 Å². The normalized spacial score (nSPS) is 29.0. The molecule has 0 atom stereocenters. The third-order valence-corrected chi connectivity index (χ3v) is 1.28. The fourth-order valence-corrected chi connectivity index (χ4v) is 0.616. The monoisotopic (exact) mass is 88.1 g/mol. The first-order valence-electron chi connectivity index (χ1n) is 2.28. The van der Waals surface area contributed by atoms with Crippen LogP contribution in [0.1, 0.15) is 6.42 Å². The van der Waals surface area contributed by atoms with Crippen molar-refractivity contribution in [3.63, 3.8) is 0 Å². The third kappa shape index (κ3) is 0.533. The molecule has 0 aliphatic carbocycles. The molecule has 1 aliphatic heterocycles. The second kappa shape index (κ2) is 0.950. The Morgan fingerprint density at radius 2 is 1.83 bits per heavy atom. The van der Waals surface area contributed by atoms with Crippen LogP contribution in [0.2, 0.25) is 0 Å².